The average Bonchev–Trinajstić information content (AvgIpc) is 3.37. The second-order valence-corrected chi connectivity index (χ2v) is 11.1. The Labute approximate surface area is 237 Å². The summed E-state index contributed by atoms with van der Waals surface area (Å²) in [6.45, 7) is 19.4. The Morgan fingerprint density at radius 3 is 2.67 bits per heavy atom. The molecule has 2 aromatic rings. The SMILES string of the molecule is C=C/C=C(C)\C=C/C(C)CSc1ccc2c(c1)/C(=C/c1[nH]c(C)c(C(=O)NCCN(CC)CC)c1C)C(=O)N2. The lowest BCUT2D eigenvalue weighted by molar-refractivity contribution is -0.110. The molecule has 0 saturated heterocycles. The van der Waals surface area contributed by atoms with Crippen molar-refractivity contribution in [3.05, 3.63) is 82.7 Å². The Hall–Kier alpha value is -3.29. The minimum absolute atomic E-state index is 0.0913. The monoisotopic (exact) mass is 546 g/mol. The van der Waals surface area contributed by atoms with Crippen LogP contribution in [0.3, 0.4) is 0 Å². The number of likely N-dealkylation sites (N-methyl/N-ethyl adjacent to an activating group) is 1. The molecule has 2 amide bonds. The van der Waals surface area contributed by atoms with E-state index in [2.05, 4.69) is 79.1 Å². The van der Waals surface area contributed by atoms with E-state index in [1.165, 1.54) is 5.57 Å². The van der Waals surface area contributed by atoms with Gasteiger partial charge in [-0.1, -0.05) is 57.2 Å². The van der Waals surface area contributed by atoms with Gasteiger partial charge in [-0.05, 0) is 69.6 Å². The maximum Gasteiger partial charge on any atom is 0.256 e. The fourth-order valence-corrected chi connectivity index (χ4v) is 5.53. The molecular formula is C32H42N4O2S. The molecule has 3 rings (SSSR count). The van der Waals surface area contributed by atoms with Crippen LogP contribution in [0.1, 0.15) is 60.6 Å². The fourth-order valence-electron chi connectivity index (χ4n) is 4.60. The number of carbonyl (C=O) groups is 2. The van der Waals surface area contributed by atoms with Crippen LogP contribution < -0.4 is 10.6 Å². The summed E-state index contributed by atoms with van der Waals surface area (Å²) in [6, 6.07) is 6.10. The summed E-state index contributed by atoms with van der Waals surface area (Å²) in [4.78, 5) is 32.6. The molecule has 208 valence electrons. The molecule has 0 aliphatic carbocycles. The van der Waals surface area contributed by atoms with Crippen molar-refractivity contribution < 1.29 is 9.59 Å². The van der Waals surface area contributed by atoms with E-state index in [9.17, 15) is 9.59 Å². The number of hydrogen-bond donors (Lipinski definition) is 3. The molecule has 1 aromatic carbocycles. The molecule has 1 unspecified atom stereocenters. The molecule has 1 atom stereocenters. The average molecular weight is 547 g/mol. The van der Waals surface area contributed by atoms with Gasteiger partial charge in [0.2, 0.25) is 0 Å². The zero-order valence-corrected chi connectivity index (χ0v) is 24.9. The first-order valence-electron chi connectivity index (χ1n) is 13.7. The van der Waals surface area contributed by atoms with Gasteiger partial charge >= 0.3 is 0 Å². The second-order valence-electron chi connectivity index (χ2n) is 9.96. The van der Waals surface area contributed by atoms with E-state index in [0.717, 1.165) is 58.5 Å². The van der Waals surface area contributed by atoms with Crippen LogP contribution in [-0.2, 0) is 4.79 Å². The molecule has 6 nitrogen and oxygen atoms in total. The van der Waals surface area contributed by atoms with Crippen LogP contribution in [0.15, 0.2) is 59.6 Å². The highest BCUT2D eigenvalue weighted by atomic mass is 32.2. The van der Waals surface area contributed by atoms with Crippen LogP contribution in [0, 0.1) is 19.8 Å². The van der Waals surface area contributed by atoms with Crippen molar-refractivity contribution in [2.75, 3.05) is 37.2 Å². The zero-order valence-electron chi connectivity index (χ0n) is 24.1. The third kappa shape index (κ3) is 7.87. The molecule has 39 heavy (non-hydrogen) atoms. The molecule has 1 aromatic heterocycles. The van der Waals surface area contributed by atoms with Gasteiger partial charge in [0.1, 0.15) is 0 Å². The Morgan fingerprint density at radius 1 is 1.23 bits per heavy atom. The number of nitrogens with zero attached hydrogens (tertiary/aromatic N) is 1. The normalized spacial score (nSPS) is 15.2. The van der Waals surface area contributed by atoms with Crippen LogP contribution in [0.4, 0.5) is 5.69 Å². The van der Waals surface area contributed by atoms with E-state index < -0.39 is 0 Å². The third-order valence-corrected chi connectivity index (χ3v) is 8.23. The van der Waals surface area contributed by atoms with Crippen LogP contribution >= 0.6 is 11.8 Å². The van der Waals surface area contributed by atoms with Crippen molar-refractivity contribution in [3.63, 3.8) is 0 Å². The van der Waals surface area contributed by atoms with Gasteiger partial charge in [-0.15, -0.1) is 11.8 Å². The van der Waals surface area contributed by atoms with E-state index in [4.69, 9.17) is 0 Å². The molecule has 3 N–H and O–H groups in total. The highest BCUT2D eigenvalue weighted by Gasteiger charge is 2.26. The molecule has 0 saturated carbocycles. The van der Waals surface area contributed by atoms with Crippen LogP contribution in [0.2, 0.25) is 0 Å². The number of thioether (sulfide) groups is 1. The predicted molar refractivity (Wildman–Crippen MR) is 166 cm³/mol. The number of aromatic amines is 1. The standard InChI is InChI=1S/C32H42N4O2S/c1-8-11-21(4)12-13-22(5)20-39-25-14-15-28-26(18-25)27(31(37)35-28)19-29-23(6)30(24(7)34-29)32(38)33-16-17-36(9-2)10-3/h8,11-15,18-19,22,34H,1,9-10,16-17,20H2,2-7H3,(H,33,38)(H,35,37)/b13-12-,21-11-,27-19-. The Balaban J connectivity index is 1.76. The van der Waals surface area contributed by atoms with Crippen molar-refractivity contribution in [2.24, 2.45) is 5.92 Å². The summed E-state index contributed by atoms with van der Waals surface area (Å²) in [5.41, 5.74) is 6.52. The second kappa shape index (κ2) is 14.2. The number of anilines is 1. The number of benzene rings is 1. The number of fused-ring (bicyclic) bond motifs is 1. The highest BCUT2D eigenvalue weighted by molar-refractivity contribution is 7.99. The van der Waals surface area contributed by atoms with E-state index in [1.54, 1.807) is 17.8 Å². The fraction of sp³-hybridized carbons (Fsp3) is 0.375. The van der Waals surface area contributed by atoms with Gasteiger partial charge in [0.05, 0.1) is 11.1 Å². The van der Waals surface area contributed by atoms with Crippen molar-refractivity contribution in [1.82, 2.24) is 15.2 Å². The maximum absolute atomic E-state index is 13.0. The van der Waals surface area contributed by atoms with E-state index in [0.29, 0.717) is 23.6 Å². The van der Waals surface area contributed by atoms with Crippen molar-refractivity contribution in [2.45, 2.75) is 46.4 Å². The number of hydrogen-bond acceptors (Lipinski definition) is 4. The van der Waals surface area contributed by atoms with Crippen molar-refractivity contribution in [1.29, 1.82) is 0 Å². The number of nitrogens with one attached hydrogen (secondary N) is 3. The number of H-pyrrole nitrogens is 1. The molecule has 0 radical (unpaired) electrons. The Bertz CT molecular complexity index is 1300. The highest BCUT2D eigenvalue weighted by Crippen LogP contribution is 2.37. The van der Waals surface area contributed by atoms with E-state index in [-0.39, 0.29) is 11.8 Å². The number of amides is 2. The number of rotatable bonds is 13. The predicted octanol–water partition coefficient (Wildman–Crippen LogP) is 6.61. The molecule has 7 heteroatoms. The maximum atomic E-state index is 13.0. The largest absolute Gasteiger partial charge is 0.358 e. The van der Waals surface area contributed by atoms with Gasteiger partial charge in [0.15, 0.2) is 0 Å². The molecule has 0 fully saturated rings. The smallest absolute Gasteiger partial charge is 0.256 e. The number of aromatic nitrogens is 1. The first-order valence-corrected chi connectivity index (χ1v) is 14.6. The van der Waals surface area contributed by atoms with Gasteiger partial charge in [0, 0.05) is 46.4 Å². The van der Waals surface area contributed by atoms with Crippen LogP contribution in [-0.4, -0.2) is 53.6 Å². The zero-order chi connectivity index (χ0) is 28.5. The lowest BCUT2D eigenvalue weighted by Crippen LogP contribution is -2.35. The molecule has 1 aliphatic heterocycles. The lowest BCUT2D eigenvalue weighted by Gasteiger charge is -2.18. The topological polar surface area (TPSA) is 77.2 Å². The molecule has 0 spiro atoms. The number of allylic oxidation sites excluding steroid dienone is 5. The van der Waals surface area contributed by atoms with Crippen LogP contribution in [0.25, 0.3) is 11.6 Å². The first-order chi connectivity index (χ1) is 18.7. The Morgan fingerprint density at radius 2 is 1.97 bits per heavy atom. The van der Waals surface area contributed by atoms with Gasteiger partial charge in [0.25, 0.3) is 11.8 Å². The number of aryl methyl sites for hydroxylation is 1. The van der Waals surface area contributed by atoms with Crippen molar-refractivity contribution in [3.8, 4) is 0 Å². The minimum Gasteiger partial charge on any atom is -0.358 e. The molecule has 0 bridgehead atoms. The summed E-state index contributed by atoms with van der Waals surface area (Å²) < 4.78 is 0. The van der Waals surface area contributed by atoms with Crippen molar-refractivity contribution >= 4 is 40.9 Å². The molecular weight excluding hydrogens is 504 g/mol. The summed E-state index contributed by atoms with van der Waals surface area (Å²) >= 11 is 1.77. The number of carbonyl (C=O) groups excluding carboxylic acids is 2. The molecule has 1 aliphatic rings. The van der Waals surface area contributed by atoms with E-state index in [1.807, 2.05) is 32.1 Å². The molecule has 2 heterocycles. The van der Waals surface area contributed by atoms with Gasteiger partial charge in [-0.2, -0.15) is 0 Å². The van der Waals surface area contributed by atoms with Gasteiger partial charge in [-0.25, -0.2) is 0 Å². The lowest BCUT2D eigenvalue weighted by atomic mass is 10.0. The van der Waals surface area contributed by atoms with Gasteiger partial charge < -0.3 is 20.5 Å². The minimum atomic E-state index is -0.134. The van der Waals surface area contributed by atoms with E-state index >= 15 is 0 Å². The summed E-state index contributed by atoms with van der Waals surface area (Å²) in [6.07, 6.45) is 9.99. The summed E-state index contributed by atoms with van der Waals surface area (Å²) in [5, 5.41) is 6.03. The first kappa shape index (κ1) is 30.3. The van der Waals surface area contributed by atoms with Gasteiger partial charge in [-0.3, -0.25) is 9.59 Å². The summed E-state index contributed by atoms with van der Waals surface area (Å²) in [7, 11) is 0. The Kier molecular flexibility index (Phi) is 11.0. The van der Waals surface area contributed by atoms with Crippen LogP contribution in [0.5, 0.6) is 0 Å². The quantitative estimate of drug-likeness (QED) is 0.150. The third-order valence-electron chi connectivity index (χ3n) is 6.96. The summed E-state index contributed by atoms with van der Waals surface area (Å²) in [5.74, 6) is 1.10.